The zero-order valence-electron chi connectivity index (χ0n) is 12.7. The van der Waals surface area contributed by atoms with Gasteiger partial charge >= 0.3 is 0 Å². The number of hydrogen-bond donors (Lipinski definition) is 1. The first kappa shape index (κ1) is 15.2. The first-order valence-electron chi connectivity index (χ1n) is 7.61. The van der Waals surface area contributed by atoms with Gasteiger partial charge in [0.1, 0.15) is 6.61 Å². The third-order valence-electron chi connectivity index (χ3n) is 3.89. The van der Waals surface area contributed by atoms with E-state index in [1.807, 2.05) is 23.6 Å². The summed E-state index contributed by atoms with van der Waals surface area (Å²) in [7, 11) is 0. The standard InChI is InChI=1S/C17H20N2O2S/c1-12(20)16-9-13(11-22-16)10-21-17-4-2-3-15(19-17)14-5-7-18-8-6-14/h2-4,9,11,14,18H,5-8,10H2,1H3. The molecule has 1 aliphatic rings. The van der Waals surface area contributed by atoms with E-state index in [0.717, 1.165) is 42.1 Å². The average molecular weight is 316 g/mol. The predicted molar refractivity (Wildman–Crippen MR) is 87.7 cm³/mol. The number of hydrogen-bond acceptors (Lipinski definition) is 5. The molecule has 0 saturated carbocycles. The Morgan fingerprint density at radius 3 is 2.95 bits per heavy atom. The molecule has 2 aromatic rings. The second-order valence-corrected chi connectivity index (χ2v) is 6.50. The summed E-state index contributed by atoms with van der Waals surface area (Å²) in [6.07, 6.45) is 2.26. The van der Waals surface area contributed by atoms with Crippen molar-refractivity contribution in [3.05, 3.63) is 45.8 Å². The zero-order chi connectivity index (χ0) is 15.4. The fourth-order valence-electron chi connectivity index (χ4n) is 2.65. The summed E-state index contributed by atoms with van der Waals surface area (Å²) < 4.78 is 5.79. The summed E-state index contributed by atoms with van der Waals surface area (Å²) in [5.74, 6) is 1.28. The number of pyridine rings is 1. The number of ether oxygens (including phenoxy) is 1. The lowest BCUT2D eigenvalue weighted by atomic mass is 9.94. The van der Waals surface area contributed by atoms with Gasteiger partial charge in [-0.05, 0) is 50.4 Å². The molecule has 116 valence electrons. The second-order valence-electron chi connectivity index (χ2n) is 5.59. The fraction of sp³-hybridized carbons (Fsp3) is 0.412. The monoisotopic (exact) mass is 316 g/mol. The summed E-state index contributed by atoms with van der Waals surface area (Å²) >= 11 is 1.46. The van der Waals surface area contributed by atoms with Crippen molar-refractivity contribution in [2.75, 3.05) is 13.1 Å². The van der Waals surface area contributed by atoms with Gasteiger partial charge in [-0.1, -0.05) is 6.07 Å². The highest BCUT2D eigenvalue weighted by Gasteiger charge is 2.16. The number of rotatable bonds is 5. The van der Waals surface area contributed by atoms with Gasteiger partial charge in [0, 0.05) is 23.2 Å². The normalized spacial score (nSPS) is 15.7. The van der Waals surface area contributed by atoms with Gasteiger partial charge in [-0.3, -0.25) is 4.79 Å². The van der Waals surface area contributed by atoms with Crippen LogP contribution in [0.3, 0.4) is 0 Å². The molecule has 5 heteroatoms. The number of nitrogens with zero attached hydrogens (tertiary/aromatic N) is 1. The van der Waals surface area contributed by atoms with E-state index in [0.29, 0.717) is 18.4 Å². The summed E-state index contributed by atoms with van der Waals surface area (Å²) in [6, 6.07) is 7.88. The lowest BCUT2D eigenvalue weighted by Crippen LogP contribution is -2.27. The molecule has 4 nitrogen and oxygen atoms in total. The minimum Gasteiger partial charge on any atom is -0.473 e. The molecule has 0 aromatic carbocycles. The van der Waals surface area contributed by atoms with Gasteiger partial charge in [0.2, 0.25) is 5.88 Å². The molecular formula is C17H20N2O2S. The minimum absolute atomic E-state index is 0.0993. The molecule has 1 aliphatic heterocycles. The van der Waals surface area contributed by atoms with Crippen molar-refractivity contribution < 1.29 is 9.53 Å². The Morgan fingerprint density at radius 2 is 2.23 bits per heavy atom. The number of piperidine rings is 1. The maximum atomic E-state index is 11.3. The first-order valence-corrected chi connectivity index (χ1v) is 8.49. The quantitative estimate of drug-likeness (QED) is 0.859. The molecule has 22 heavy (non-hydrogen) atoms. The largest absolute Gasteiger partial charge is 0.473 e. The van der Waals surface area contributed by atoms with Crippen LogP contribution in [-0.2, 0) is 6.61 Å². The number of ketones is 1. The third-order valence-corrected chi connectivity index (χ3v) is 4.97. The summed E-state index contributed by atoms with van der Waals surface area (Å²) in [4.78, 5) is 16.7. The van der Waals surface area contributed by atoms with Crippen LogP contribution in [0.25, 0.3) is 0 Å². The van der Waals surface area contributed by atoms with Gasteiger partial charge in [0.05, 0.1) is 4.88 Å². The van der Waals surface area contributed by atoms with Crippen LogP contribution in [0.1, 0.15) is 46.6 Å². The lowest BCUT2D eigenvalue weighted by Gasteiger charge is -2.22. The Balaban J connectivity index is 1.63. The molecule has 0 amide bonds. The fourth-order valence-corrected chi connectivity index (χ4v) is 3.45. The molecule has 1 saturated heterocycles. The number of carbonyl (C=O) groups is 1. The number of thiophene rings is 1. The highest BCUT2D eigenvalue weighted by molar-refractivity contribution is 7.12. The molecule has 1 fully saturated rings. The number of nitrogens with one attached hydrogen (secondary N) is 1. The topological polar surface area (TPSA) is 51.2 Å². The van der Waals surface area contributed by atoms with Crippen LogP contribution in [0.5, 0.6) is 5.88 Å². The van der Waals surface area contributed by atoms with Crippen LogP contribution >= 0.6 is 11.3 Å². The van der Waals surface area contributed by atoms with E-state index in [1.54, 1.807) is 6.92 Å². The molecule has 0 spiro atoms. The predicted octanol–water partition coefficient (Wildman–Crippen LogP) is 3.39. The maximum absolute atomic E-state index is 11.3. The van der Waals surface area contributed by atoms with Gasteiger partial charge in [0.15, 0.2) is 5.78 Å². The van der Waals surface area contributed by atoms with Gasteiger partial charge < -0.3 is 10.1 Å². The van der Waals surface area contributed by atoms with E-state index < -0.39 is 0 Å². The highest BCUT2D eigenvalue weighted by atomic mass is 32.1. The van der Waals surface area contributed by atoms with Crippen LogP contribution < -0.4 is 10.1 Å². The van der Waals surface area contributed by atoms with Crippen LogP contribution in [0.15, 0.2) is 29.6 Å². The average Bonchev–Trinajstić information content (AvgIpc) is 3.03. The van der Waals surface area contributed by atoms with Crippen molar-refractivity contribution >= 4 is 17.1 Å². The molecule has 3 heterocycles. The SMILES string of the molecule is CC(=O)c1cc(COc2cccc(C3CCNCC3)n2)cs1. The van der Waals surface area contributed by atoms with E-state index in [2.05, 4.69) is 16.4 Å². The van der Waals surface area contributed by atoms with E-state index in [4.69, 9.17) is 4.74 Å². The number of aromatic nitrogens is 1. The molecule has 0 radical (unpaired) electrons. The van der Waals surface area contributed by atoms with Crippen LogP contribution in [0.4, 0.5) is 0 Å². The van der Waals surface area contributed by atoms with Crippen molar-refractivity contribution in [2.45, 2.75) is 32.3 Å². The van der Waals surface area contributed by atoms with E-state index >= 15 is 0 Å². The summed E-state index contributed by atoms with van der Waals surface area (Å²) in [5.41, 5.74) is 2.14. The minimum atomic E-state index is 0.0993. The Kier molecular flexibility index (Phi) is 4.85. The number of carbonyl (C=O) groups excluding carboxylic acids is 1. The van der Waals surface area contributed by atoms with E-state index in [-0.39, 0.29) is 5.78 Å². The smallest absolute Gasteiger partial charge is 0.213 e. The first-order chi connectivity index (χ1) is 10.7. The Morgan fingerprint density at radius 1 is 1.41 bits per heavy atom. The molecule has 0 unspecified atom stereocenters. The van der Waals surface area contributed by atoms with Crippen LogP contribution in [-0.4, -0.2) is 23.9 Å². The molecule has 2 aromatic heterocycles. The zero-order valence-corrected chi connectivity index (χ0v) is 13.5. The summed E-state index contributed by atoms with van der Waals surface area (Å²) in [5, 5.41) is 5.34. The van der Waals surface area contributed by atoms with Crippen molar-refractivity contribution in [1.29, 1.82) is 0 Å². The van der Waals surface area contributed by atoms with Crippen molar-refractivity contribution in [2.24, 2.45) is 0 Å². The van der Waals surface area contributed by atoms with Crippen LogP contribution in [0.2, 0.25) is 0 Å². The van der Waals surface area contributed by atoms with Gasteiger partial charge in [0.25, 0.3) is 0 Å². The molecule has 1 N–H and O–H groups in total. The van der Waals surface area contributed by atoms with Gasteiger partial charge in [-0.2, -0.15) is 0 Å². The Bertz CT molecular complexity index is 648. The maximum Gasteiger partial charge on any atom is 0.213 e. The second kappa shape index (κ2) is 7.03. The Hall–Kier alpha value is -1.72. The molecule has 0 atom stereocenters. The van der Waals surface area contributed by atoms with E-state index in [1.165, 1.54) is 11.3 Å². The van der Waals surface area contributed by atoms with E-state index in [9.17, 15) is 4.79 Å². The molecule has 0 aliphatic carbocycles. The third kappa shape index (κ3) is 3.72. The van der Waals surface area contributed by atoms with Crippen molar-refractivity contribution in [3.63, 3.8) is 0 Å². The van der Waals surface area contributed by atoms with Crippen molar-refractivity contribution in [1.82, 2.24) is 10.3 Å². The molecular weight excluding hydrogens is 296 g/mol. The summed E-state index contributed by atoms with van der Waals surface area (Å²) in [6.45, 7) is 4.15. The number of Topliss-reactive ketones (excluding diaryl/α,β-unsaturated/α-hetero) is 1. The Labute approximate surface area is 134 Å². The highest BCUT2D eigenvalue weighted by Crippen LogP contribution is 2.25. The van der Waals surface area contributed by atoms with Crippen molar-refractivity contribution in [3.8, 4) is 5.88 Å². The molecule has 3 rings (SSSR count). The molecule has 0 bridgehead atoms. The van der Waals surface area contributed by atoms with Crippen LogP contribution in [0, 0.1) is 0 Å². The van der Waals surface area contributed by atoms with Gasteiger partial charge in [-0.25, -0.2) is 4.98 Å². The lowest BCUT2D eigenvalue weighted by molar-refractivity contribution is 0.102. The van der Waals surface area contributed by atoms with Gasteiger partial charge in [-0.15, -0.1) is 11.3 Å².